The normalized spacial score (nSPS) is 16.4. The van der Waals surface area contributed by atoms with Crippen molar-refractivity contribution in [1.82, 2.24) is 9.97 Å². The Morgan fingerprint density at radius 2 is 1.80 bits per heavy atom. The van der Waals surface area contributed by atoms with Crippen LogP contribution in [0.5, 0.6) is 5.88 Å². The van der Waals surface area contributed by atoms with Crippen LogP contribution in [0.2, 0.25) is 5.15 Å². The molecule has 0 bridgehead atoms. The Labute approximate surface area is 116 Å². The summed E-state index contributed by atoms with van der Waals surface area (Å²) in [6, 6.07) is 0. The van der Waals surface area contributed by atoms with Gasteiger partial charge in [-0.1, -0.05) is 11.6 Å². The van der Waals surface area contributed by atoms with Gasteiger partial charge in [-0.05, 0) is 19.8 Å². The van der Waals surface area contributed by atoms with Crippen LogP contribution in [0, 0.1) is 6.92 Å². The first kappa shape index (κ1) is 15.2. The summed E-state index contributed by atoms with van der Waals surface area (Å²) in [7, 11) is 0. The number of alkyl halides is 5. The zero-order valence-electron chi connectivity index (χ0n) is 10.3. The van der Waals surface area contributed by atoms with Gasteiger partial charge in [-0.3, -0.25) is 0 Å². The number of rotatable bonds is 4. The molecule has 1 aromatic rings. The average Bonchev–Trinajstić information content (AvgIpc) is 3.13. The van der Waals surface area contributed by atoms with E-state index in [1.54, 1.807) is 0 Å². The van der Waals surface area contributed by atoms with Gasteiger partial charge >= 0.3 is 12.1 Å². The zero-order valence-corrected chi connectivity index (χ0v) is 11.0. The van der Waals surface area contributed by atoms with E-state index in [2.05, 4.69) is 14.7 Å². The van der Waals surface area contributed by atoms with E-state index in [9.17, 15) is 22.0 Å². The van der Waals surface area contributed by atoms with E-state index in [1.807, 2.05) is 0 Å². The van der Waals surface area contributed by atoms with Gasteiger partial charge < -0.3 is 4.74 Å². The lowest BCUT2D eigenvalue weighted by atomic mass is 10.3. The number of ether oxygens (including phenoxy) is 1. The lowest BCUT2D eigenvalue weighted by molar-refractivity contribution is -0.290. The quantitative estimate of drug-likeness (QED) is 0.624. The lowest BCUT2D eigenvalue weighted by Gasteiger charge is -2.20. The van der Waals surface area contributed by atoms with E-state index in [-0.39, 0.29) is 22.5 Å². The highest BCUT2D eigenvalue weighted by Gasteiger charge is 2.58. The maximum atomic E-state index is 12.8. The van der Waals surface area contributed by atoms with Gasteiger partial charge in [0, 0.05) is 11.5 Å². The van der Waals surface area contributed by atoms with Gasteiger partial charge in [0.2, 0.25) is 5.88 Å². The molecular weight excluding hydrogens is 307 g/mol. The maximum absolute atomic E-state index is 12.8. The third-order valence-electron chi connectivity index (χ3n) is 2.81. The topological polar surface area (TPSA) is 35.0 Å². The molecule has 20 heavy (non-hydrogen) atoms. The highest BCUT2D eigenvalue weighted by molar-refractivity contribution is 6.30. The van der Waals surface area contributed by atoms with E-state index in [0.717, 1.165) is 12.8 Å². The minimum absolute atomic E-state index is 0.00720. The minimum atomic E-state index is -5.67. The summed E-state index contributed by atoms with van der Waals surface area (Å²) < 4.78 is 66.2. The van der Waals surface area contributed by atoms with Crippen LogP contribution < -0.4 is 4.74 Å². The van der Waals surface area contributed by atoms with Crippen LogP contribution >= 0.6 is 11.6 Å². The van der Waals surface area contributed by atoms with Crippen LogP contribution in [-0.4, -0.2) is 28.7 Å². The number of halogens is 6. The maximum Gasteiger partial charge on any atom is 0.456 e. The predicted octanol–water partition coefficient (Wildman–Crippen LogP) is 3.89. The number of hydrogen-bond acceptors (Lipinski definition) is 3. The summed E-state index contributed by atoms with van der Waals surface area (Å²) >= 11 is 5.79. The van der Waals surface area contributed by atoms with E-state index in [4.69, 9.17) is 11.6 Å². The van der Waals surface area contributed by atoms with Gasteiger partial charge in [-0.2, -0.15) is 26.9 Å². The summed E-state index contributed by atoms with van der Waals surface area (Å²) in [6.07, 6.45) is -4.01. The smallest absolute Gasteiger partial charge is 0.456 e. The number of aromatic nitrogens is 2. The Balaban J connectivity index is 2.17. The van der Waals surface area contributed by atoms with Crippen LogP contribution in [0.3, 0.4) is 0 Å². The highest BCUT2D eigenvalue weighted by Crippen LogP contribution is 2.40. The SMILES string of the molecule is Cc1c(Cl)nc(C2CC2)nc1OCC(F)(F)C(F)(F)F. The molecule has 1 heterocycles. The molecule has 0 atom stereocenters. The third kappa shape index (κ3) is 3.11. The minimum Gasteiger partial charge on any atom is -0.471 e. The van der Waals surface area contributed by atoms with Crippen LogP contribution in [0.25, 0.3) is 0 Å². The van der Waals surface area contributed by atoms with Crippen LogP contribution in [-0.2, 0) is 0 Å². The van der Waals surface area contributed by atoms with Crippen molar-refractivity contribution in [1.29, 1.82) is 0 Å². The second-order valence-electron chi connectivity index (χ2n) is 4.57. The molecule has 3 nitrogen and oxygen atoms in total. The van der Waals surface area contributed by atoms with E-state index in [1.165, 1.54) is 6.92 Å². The van der Waals surface area contributed by atoms with Crippen LogP contribution in [0.1, 0.15) is 30.1 Å². The Morgan fingerprint density at radius 1 is 1.20 bits per heavy atom. The first-order valence-electron chi connectivity index (χ1n) is 5.73. The molecule has 1 saturated carbocycles. The molecule has 0 unspecified atom stereocenters. The van der Waals surface area contributed by atoms with Crippen LogP contribution in [0.4, 0.5) is 22.0 Å². The average molecular weight is 317 g/mol. The Morgan fingerprint density at radius 3 is 2.30 bits per heavy atom. The Hall–Kier alpha value is -1.18. The fourth-order valence-electron chi connectivity index (χ4n) is 1.39. The largest absolute Gasteiger partial charge is 0.471 e. The molecule has 0 aliphatic heterocycles. The molecule has 0 saturated heterocycles. The van der Waals surface area contributed by atoms with Crippen molar-refractivity contribution in [3.63, 3.8) is 0 Å². The molecular formula is C11H10ClF5N2O. The van der Waals surface area contributed by atoms with Crippen molar-refractivity contribution in [2.24, 2.45) is 0 Å². The molecule has 1 fully saturated rings. The Bertz CT molecular complexity index is 516. The van der Waals surface area contributed by atoms with Gasteiger partial charge in [-0.15, -0.1) is 0 Å². The first-order valence-corrected chi connectivity index (χ1v) is 6.11. The van der Waals surface area contributed by atoms with Gasteiger partial charge in [0.1, 0.15) is 11.0 Å². The summed E-state index contributed by atoms with van der Waals surface area (Å²) in [4.78, 5) is 7.81. The second kappa shape index (κ2) is 4.98. The predicted molar refractivity (Wildman–Crippen MR) is 60.3 cm³/mol. The van der Waals surface area contributed by atoms with Crippen molar-refractivity contribution in [3.05, 3.63) is 16.5 Å². The molecule has 1 aromatic heterocycles. The van der Waals surface area contributed by atoms with Gasteiger partial charge in [0.25, 0.3) is 0 Å². The van der Waals surface area contributed by atoms with Crippen molar-refractivity contribution in [2.45, 2.75) is 37.8 Å². The molecule has 112 valence electrons. The van der Waals surface area contributed by atoms with E-state index in [0.29, 0.717) is 5.82 Å². The van der Waals surface area contributed by atoms with Crippen molar-refractivity contribution in [3.8, 4) is 5.88 Å². The molecule has 1 aliphatic rings. The summed E-state index contributed by atoms with van der Waals surface area (Å²) in [5.41, 5.74) is 0.133. The molecule has 0 spiro atoms. The summed E-state index contributed by atoms with van der Waals surface area (Å²) in [5, 5.41) is -0.00720. The highest BCUT2D eigenvalue weighted by atomic mass is 35.5. The summed E-state index contributed by atoms with van der Waals surface area (Å²) in [6.45, 7) is -0.450. The molecule has 0 radical (unpaired) electrons. The Kier molecular flexibility index (Phi) is 3.79. The van der Waals surface area contributed by atoms with Crippen molar-refractivity contribution in [2.75, 3.05) is 6.61 Å². The molecule has 2 rings (SSSR count). The van der Waals surface area contributed by atoms with Crippen LogP contribution in [0.15, 0.2) is 0 Å². The monoisotopic (exact) mass is 316 g/mol. The van der Waals surface area contributed by atoms with Gasteiger partial charge in [0.15, 0.2) is 6.61 Å². The molecule has 0 amide bonds. The molecule has 9 heteroatoms. The van der Waals surface area contributed by atoms with Gasteiger partial charge in [0.05, 0.1) is 0 Å². The van der Waals surface area contributed by atoms with Crippen molar-refractivity contribution >= 4 is 11.6 Å². The first-order chi connectivity index (χ1) is 9.12. The third-order valence-corrected chi connectivity index (χ3v) is 3.17. The molecule has 0 N–H and O–H groups in total. The fourth-order valence-corrected chi connectivity index (χ4v) is 1.56. The van der Waals surface area contributed by atoms with E-state index < -0.39 is 18.7 Å². The molecule has 1 aliphatic carbocycles. The molecule has 0 aromatic carbocycles. The summed E-state index contributed by atoms with van der Waals surface area (Å²) in [5.74, 6) is -4.91. The van der Waals surface area contributed by atoms with Crippen molar-refractivity contribution < 1.29 is 26.7 Å². The second-order valence-corrected chi connectivity index (χ2v) is 4.93. The fraction of sp³-hybridized carbons (Fsp3) is 0.636. The number of hydrogen-bond donors (Lipinski definition) is 0. The lowest BCUT2D eigenvalue weighted by Crippen LogP contribution is -2.42. The van der Waals surface area contributed by atoms with E-state index >= 15 is 0 Å². The zero-order chi connectivity index (χ0) is 15.1. The number of nitrogens with zero attached hydrogens (tertiary/aromatic N) is 2. The van der Waals surface area contributed by atoms with Gasteiger partial charge in [-0.25, -0.2) is 4.98 Å². The standard InChI is InChI=1S/C11H10ClF5N2O/c1-5-7(12)18-8(6-2-3-6)19-9(5)20-4-10(13,14)11(15,16)17/h6H,2-4H2,1H3.